The molecule has 166 valence electrons. The van der Waals surface area contributed by atoms with Gasteiger partial charge < -0.3 is 20.6 Å². The number of rotatable bonds is 11. The van der Waals surface area contributed by atoms with E-state index in [1.54, 1.807) is 0 Å². The van der Waals surface area contributed by atoms with Crippen LogP contribution in [0.15, 0.2) is 73.1 Å². The largest absolute Gasteiger partial charge is 0.369 e. The highest BCUT2D eigenvalue weighted by atomic mass is 15.2. The van der Waals surface area contributed by atoms with E-state index in [2.05, 4.69) is 43.4 Å². The molecule has 32 heavy (non-hydrogen) atoms. The third-order valence-electron chi connectivity index (χ3n) is 5.93. The molecule has 0 atom stereocenters. The Morgan fingerprint density at radius 1 is 0.531 bits per heavy atom. The van der Waals surface area contributed by atoms with Crippen LogP contribution in [0.5, 0.6) is 0 Å². The summed E-state index contributed by atoms with van der Waals surface area (Å²) in [6.07, 6.45) is 10.8. The zero-order chi connectivity index (χ0) is 22.2. The third-order valence-corrected chi connectivity index (χ3v) is 5.93. The van der Waals surface area contributed by atoms with Gasteiger partial charge in [-0.3, -0.25) is 0 Å². The highest BCUT2D eigenvalue weighted by Crippen LogP contribution is 2.24. The summed E-state index contributed by atoms with van der Waals surface area (Å²) in [6.45, 7) is 1.81. The van der Waals surface area contributed by atoms with Crippen LogP contribution in [-0.4, -0.2) is 19.1 Å². The van der Waals surface area contributed by atoms with E-state index in [1.165, 1.54) is 25.7 Å². The Hall–Kier alpha value is -3.54. The molecular weight excluding hydrogens is 396 g/mol. The van der Waals surface area contributed by atoms with Crippen molar-refractivity contribution < 1.29 is 0 Å². The molecule has 0 bridgehead atoms. The topological polar surface area (TPSA) is 87.7 Å². The Morgan fingerprint density at radius 3 is 1.31 bits per heavy atom. The summed E-state index contributed by atoms with van der Waals surface area (Å²) in [4.78, 5) is 8.63. The fraction of sp³-hybridized carbons (Fsp3) is 0.308. The number of imidazole rings is 2. The molecule has 6 nitrogen and oxygen atoms in total. The Morgan fingerprint density at radius 2 is 0.906 bits per heavy atom. The van der Waals surface area contributed by atoms with E-state index < -0.39 is 0 Å². The number of hydrogen-bond acceptors (Lipinski definition) is 4. The molecule has 0 amide bonds. The average Bonchev–Trinajstić information content (AvgIpc) is 3.39. The van der Waals surface area contributed by atoms with Gasteiger partial charge in [-0.25, -0.2) is 9.97 Å². The maximum atomic E-state index is 6.11. The van der Waals surface area contributed by atoms with E-state index >= 15 is 0 Å². The van der Waals surface area contributed by atoms with Crippen molar-refractivity contribution >= 4 is 11.9 Å². The van der Waals surface area contributed by atoms with Crippen LogP contribution in [0.4, 0.5) is 11.9 Å². The predicted molar refractivity (Wildman–Crippen MR) is 132 cm³/mol. The first kappa shape index (κ1) is 21.7. The van der Waals surface area contributed by atoms with Crippen LogP contribution in [0.1, 0.15) is 38.5 Å². The minimum absolute atomic E-state index is 0.594. The van der Waals surface area contributed by atoms with Crippen LogP contribution in [0.25, 0.3) is 22.5 Å². The quantitative estimate of drug-likeness (QED) is 0.304. The fourth-order valence-corrected chi connectivity index (χ4v) is 4.18. The first-order chi connectivity index (χ1) is 15.7. The first-order valence-electron chi connectivity index (χ1n) is 11.5. The summed E-state index contributed by atoms with van der Waals surface area (Å²) < 4.78 is 4.25. The van der Waals surface area contributed by atoms with E-state index in [4.69, 9.17) is 11.5 Å². The van der Waals surface area contributed by atoms with Gasteiger partial charge in [0.05, 0.1) is 23.8 Å². The van der Waals surface area contributed by atoms with Crippen molar-refractivity contribution in [2.24, 2.45) is 0 Å². The predicted octanol–water partition coefficient (Wildman–Crippen LogP) is 5.62. The fourth-order valence-electron chi connectivity index (χ4n) is 4.18. The Bertz CT molecular complexity index is 1010. The van der Waals surface area contributed by atoms with Gasteiger partial charge in [-0.05, 0) is 24.0 Å². The molecular formula is C26H32N6. The first-order valence-corrected chi connectivity index (χ1v) is 11.5. The lowest BCUT2D eigenvalue weighted by Crippen LogP contribution is -2.06. The van der Waals surface area contributed by atoms with Crippen molar-refractivity contribution in [2.75, 3.05) is 11.5 Å². The highest BCUT2D eigenvalue weighted by Gasteiger charge is 2.10. The standard InChI is InChI=1S/C26H32N6/c27-25-29-19-23(21-13-7-5-8-14-21)31(25)17-11-3-1-2-4-12-18-32-24(20-30-26(32)28)22-15-9-6-10-16-22/h5-10,13-16,19-20H,1-4,11-12,17-18H2,(H2,27,29)(H2,28,30). The normalized spacial score (nSPS) is 11.1. The number of anilines is 2. The minimum atomic E-state index is 0.594. The minimum Gasteiger partial charge on any atom is -0.369 e. The molecule has 0 spiro atoms. The lowest BCUT2D eigenvalue weighted by atomic mass is 10.1. The number of nitrogen functional groups attached to an aromatic ring is 2. The van der Waals surface area contributed by atoms with E-state index in [0.717, 1.165) is 48.4 Å². The molecule has 0 aliphatic carbocycles. The second-order valence-electron chi connectivity index (χ2n) is 8.16. The Balaban J connectivity index is 1.18. The van der Waals surface area contributed by atoms with Gasteiger partial charge in [0.25, 0.3) is 0 Å². The van der Waals surface area contributed by atoms with Crippen molar-refractivity contribution in [1.29, 1.82) is 0 Å². The van der Waals surface area contributed by atoms with Crippen LogP contribution in [-0.2, 0) is 13.1 Å². The zero-order valence-corrected chi connectivity index (χ0v) is 18.5. The average molecular weight is 429 g/mol. The van der Waals surface area contributed by atoms with E-state index in [0.29, 0.717) is 11.9 Å². The SMILES string of the molecule is Nc1ncc(-c2ccccc2)n1CCCCCCCCn1c(-c2ccccc2)cnc1N. The number of benzene rings is 2. The molecule has 6 heteroatoms. The molecule has 2 heterocycles. The maximum Gasteiger partial charge on any atom is 0.200 e. The molecule has 0 unspecified atom stereocenters. The second-order valence-corrected chi connectivity index (χ2v) is 8.16. The summed E-state index contributed by atoms with van der Waals surface area (Å²) in [5, 5.41) is 0. The number of hydrogen-bond donors (Lipinski definition) is 2. The van der Waals surface area contributed by atoms with Gasteiger partial charge in [-0.15, -0.1) is 0 Å². The number of unbranched alkanes of at least 4 members (excludes halogenated alkanes) is 5. The molecule has 2 aromatic carbocycles. The lowest BCUT2D eigenvalue weighted by Gasteiger charge is -2.11. The monoisotopic (exact) mass is 428 g/mol. The van der Waals surface area contributed by atoms with Crippen LogP contribution < -0.4 is 11.5 Å². The molecule has 0 aliphatic heterocycles. The molecule has 4 rings (SSSR count). The number of nitrogens with two attached hydrogens (primary N) is 2. The van der Waals surface area contributed by atoms with Crippen molar-refractivity contribution in [3.63, 3.8) is 0 Å². The van der Waals surface area contributed by atoms with Crippen molar-refractivity contribution in [3.8, 4) is 22.5 Å². The molecule has 0 radical (unpaired) electrons. The van der Waals surface area contributed by atoms with E-state index in [1.807, 2.05) is 48.8 Å². The lowest BCUT2D eigenvalue weighted by molar-refractivity contribution is 0.536. The number of aromatic nitrogens is 4. The van der Waals surface area contributed by atoms with Crippen LogP contribution in [0, 0.1) is 0 Å². The van der Waals surface area contributed by atoms with Gasteiger partial charge in [0.1, 0.15) is 0 Å². The van der Waals surface area contributed by atoms with Gasteiger partial charge >= 0.3 is 0 Å². The van der Waals surface area contributed by atoms with Crippen LogP contribution in [0.2, 0.25) is 0 Å². The maximum absolute atomic E-state index is 6.11. The summed E-state index contributed by atoms with van der Waals surface area (Å²) in [5.41, 5.74) is 16.7. The van der Waals surface area contributed by atoms with E-state index in [-0.39, 0.29) is 0 Å². The third kappa shape index (κ3) is 5.19. The smallest absolute Gasteiger partial charge is 0.200 e. The zero-order valence-electron chi connectivity index (χ0n) is 18.5. The van der Waals surface area contributed by atoms with Gasteiger partial charge in [0, 0.05) is 13.1 Å². The summed E-state index contributed by atoms with van der Waals surface area (Å²) in [6, 6.07) is 20.6. The van der Waals surface area contributed by atoms with Gasteiger partial charge in [0.2, 0.25) is 11.9 Å². The summed E-state index contributed by atoms with van der Waals surface area (Å²) >= 11 is 0. The van der Waals surface area contributed by atoms with Crippen LogP contribution >= 0.6 is 0 Å². The Labute approximate surface area is 189 Å². The van der Waals surface area contributed by atoms with Gasteiger partial charge in [0.15, 0.2) is 0 Å². The van der Waals surface area contributed by atoms with Crippen molar-refractivity contribution in [3.05, 3.63) is 73.1 Å². The van der Waals surface area contributed by atoms with Crippen LogP contribution in [0.3, 0.4) is 0 Å². The summed E-state index contributed by atoms with van der Waals surface area (Å²) in [7, 11) is 0. The van der Waals surface area contributed by atoms with Gasteiger partial charge in [-0.1, -0.05) is 86.3 Å². The van der Waals surface area contributed by atoms with Crippen molar-refractivity contribution in [1.82, 2.24) is 19.1 Å². The van der Waals surface area contributed by atoms with Gasteiger partial charge in [-0.2, -0.15) is 0 Å². The highest BCUT2D eigenvalue weighted by molar-refractivity contribution is 5.61. The number of nitrogens with zero attached hydrogens (tertiary/aromatic N) is 4. The van der Waals surface area contributed by atoms with E-state index in [9.17, 15) is 0 Å². The molecule has 0 fully saturated rings. The molecule has 4 N–H and O–H groups in total. The summed E-state index contributed by atoms with van der Waals surface area (Å²) in [5.74, 6) is 1.19. The molecule has 2 aromatic heterocycles. The molecule has 0 saturated carbocycles. The molecule has 4 aromatic rings. The molecule has 0 aliphatic rings. The molecule has 0 saturated heterocycles. The van der Waals surface area contributed by atoms with Crippen molar-refractivity contribution in [2.45, 2.75) is 51.6 Å². The second kappa shape index (κ2) is 10.7. The Kier molecular flexibility index (Phi) is 7.23.